The molecule has 1 rings (SSSR count). The largest absolute Gasteiger partial charge is 0.313 e. The number of hydrogen-bond donors (Lipinski definition) is 1. The highest BCUT2D eigenvalue weighted by Gasteiger charge is 2.13. The van der Waals surface area contributed by atoms with Crippen molar-refractivity contribution < 1.29 is 4.39 Å². The summed E-state index contributed by atoms with van der Waals surface area (Å²) in [6.07, 6.45) is 7.24. The molecule has 1 nitrogen and oxygen atoms in total. The average molecular weight is 316 g/mol. The maximum Gasteiger partial charge on any atom is 0.129 e. The second-order valence-electron chi connectivity index (χ2n) is 4.71. The average Bonchev–Trinajstić information content (AvgIpc) is 2.35. The number of hydrogen-bond acceptors (Lipinski definition) is 1. The first kappa shape index (κ1) is 15.6. The van der Waals surface area contributed by atoms with E-state index in [9.17, 15) is 4.39 Å². The fourth-order valence-corrected chi connectivity index (χ4v) is 2.52. The van der Waals surface area contributed by atoms with E-state index in [-0.39, 0.29) is 11.9 Å². The quantitative estimate of drug-likeness (QED) is 0.649. The Morgan fingerprint density at radius 2 is 1.94 bits per heavy atom. The zero-order valence-electron chi connectivity index (χ0n) is 11.3. The van der Waals surface area contributed by atoms with Crippen molar-refractivity contribution in [1.29, 1.82) is 0 Å². The van der Waals surface area contributed by atoms with Gasteiger partial charge in [-0.05, 0) is 25.6 Å². The molecule has 0 heterocycles. The van der Waals surface area contributed by atoms with Gasteiger partial charge in [-0.15, -0.1) is 0 Å². The van der Waals surface area contributed by atoms with E-state index in [0.717, 1.165) is 22.9 Å². The lowest BCUT2D eigenvalue weighted by Gasteiger charge is -2.17. The Labute approximate surface area is 118 Å². The van der Waals surface area contributed by atoms with Crippen LogP contribution in [0, 0.1) is 5.82 Å². The number of unbranched alkanes of at least 4 members (excludes halogenated alkanes) is 4. The second kappa shape index (κ2) is 8.65. The summed E-state index contributed by atoms with van der Waals surface area (Å²) in [6.45, 7) is 2.22. The van der Waals surface area contributed by atoms with Gasteiger partial charge >= 0.3 is 0 Å². The van der Waals surface area contributed by atoms with E-state index in [1.54, 1.807) is 0 Å². The molecule has 1 aromatic carbocycles. The Bertz CT molecular complexity index is 354. The number of benzene rings is 1. The van der Waals surface area contributed by atoms with Crippen molar-refractivity contribution in [3.05, 3.63) is 34.1 Å². The zero-order chi connectivity index (χ0) is 13.4. The van der Waals surface area contributed by atoms with Crippen molar-refractivity contribution in [2.45, 2.75) is 51.5 Å². The zero-order valence-corrected chi connectivity index (χ0v) is 12.9. The molecule has 1 aromatic rings. The minimum Gasteiger partial charge on any atom is -0.313 e. The normalized spacial score (nSPS) is 12.7. The van der Waals surface area contributed by atoms with Crippen molar-refractivity contribution in [2.24, 2.45) is 0 Å². The molecule has 0 aliphatic carbocycles. The van der Waals surface area contributed by atoms with Crippen molar-refractivity contribution in [3.63, 3.8) is 0 Å². The predicted molar refractivity (Wildman–Crippen MR) is 79.3 cm³/mol. The maximum atomic E-state index is 13.8. The van der Waals surface area contributed by atoms with Crippen molar-refractivity contribution >= 4 is 15.9 Å². The highest BCUT2D eigenvalue weighted by Crippen LogP contribution is 2.25. The van der Waals surface area contributed by atoms with Gasteiger partial charge in [0.15, 0.2) is 0 Å². The highest BCUT2D eigenvalue weighted by molar-refractivity contribution is 9.10. The topological polar surface area (TPSA) is 12.0 Å². The summed E-state index contributed by atoms with van der Waals surface area (Å²) < 4.78 is 14.6. The summed E-state index contributed by atoms with van der Waals surface area (Å²) in [5.41, 5.74) is 0.774. The molecule has 0 fully saturated rings. The maximum absolute atomic E-state index is 13.8. The van der Waals surface area contributed by atoms with Crippen LogP contribution in [-0.2, 0) is 0 Å². The van der Waals surface area contributed by atoms with Gasteiger partial charge < -0.3 is 5.32 Å². The Hall–Kier alpha value is -0.410. The second-order valence-corrected chi connectivity index (χ2v) is 5.63. The lowest BCUT2D eigenvalue weighted by Crippen LogP contribution is -2.17. The number of halogens is 2. The standard InChI is InChI=1S/C15H23BrFN/c1-3-4-5-6-7-8-15(18-2)13-10-9-12(16)11-14(13)17/h9-11,15,18H,3-8H2,1-2H3. The molecular weight excluding hydrogens is 293 g/mol. The molecule has 0 saturated heterocycles. The minimum absolute atomic E-state index is 0.125. The van der Waals surface area contributed by atoms with Gasteiger partial charge in [0.2, 0.25) is 0 Å². The van der Waals surface area contributed by atoms with Gasteiger partial charge in [0.25, 0.3) is 0 Å². The third-order valence-corrected chi connectivity index (χ3v) is 3.78. The van der Waals surface area contributed by atoms with Gasteiger partial charge in [-0.2, -0.15) is 0 Å². The molecule has 0 aromatic heterocycles. The molecule has 0 radical (unpaired) electrons. The van der Waals surface area contributed by atoms with Crippen LogP contribution in [-0.4, -0.2) is 7.05 Å². The molecule has 0 spiro atoms. The van der Waals surface area contributed by atoms with E-state index in [1.807, 2.05) is 19.2 Å². The lowest BCUT2D eigenvalue weighted by molar-refractivity contribution is 0.477. The fourth-order valence-electron chi connectivity index (χ4n) is 2.19. The summed E-state index contributed by atoms with van der Waals surface area (Å²) in [6, 6.07) is 5.43. The summed E-state index contributed by atoms with van der Waals surface area (Å²) in [5.74, 6) is -0.128. The van der Waals surface area contributed by atoms with Crippen LogP contribution in [0.5, 0.6) is 0 Å². The molecule has 0 amide bonds. The van der Waals surface area contributed by atoms with Crippen molar-refractivity contribution in [2.75, 3.05) is 7.05 Å². The molecule has 0 saturated carbocycles. The number of rotatable bonds is 8. The molecule has 0 aliphatic rings. The van der Waals surface area contributed by atoms with Crippen LogP contribution in [0.3, 0.4) is 0 Å². The van der Waals surface area contributed by atoms with Crippen LogP contribution < -0.4 is 5.32 Å². The molecule has 0 aliphatic heterocycles. The third kappa shape index (κ3) is 5.07. The Balaban J connectivity index is 2.49. The van der Waals surface area contributed by atoms with Gasteiger partial charge in [0.05, 0.1) is 0 Å². The molecule has 1 unspecified atom stereocenters. The Kier molecular flexibility index (Phi) is 7.52. The highest BCUT2D eigenvalue weighted by atomic mass is 79.9. The summed E-state index contributed by atoms with van der Waals surface area (Å²) >= 11 is 3.29. The SMILES string of the molecule is CCCCCCCC(NC)c1ccc(Br)cc1F. The summed E-state index contributed by atoms with van der Waals surface area (Å²) in [4.78, 5) is 0. The lowest BCUT2D eigenvalue weighted by atomic mass is 9.99. The molecule has 18 heavy (non-hydrogen) atoms. The molecule has 102 valence electrons. The molecule has 0 bridgehead atoms. The molecule has 3 heteroatoms. The Morgan fingerprint density at radius 1 is 1.22 bits per heavy atom. The summed E-state index contributed by atoms with van der Waals surface area (Å²) in [5, 5.41) is 3.21. The van der Waals surface area contributed by atoms with Crippen LogP contribution in [0.25, 0.3) is 0 Å². The smallest absolute Gasteiger partial charge is 0.129 e. The van der Waals surface area contributed by atoms with Crippen LogP contribution in [0.2, 0.25) is 0 Å². The van der Waals surface area contributed by atoms with E-state index in [2.05, 4.69) is 28.2 Å². The first-order valence-electron chi connectivity index (χ1n) is 6.81. The van der Waals surface area contributed by atoms with Gasteiger partial charge in [-0.25, -0.2) is 4.39 Å². The summed E-state index contributed by atoms with van der Waals surface area (Å²) in [7, 11) is 1.90. The minimum atomic E-state index is -0.128. The van der Waals surface area contributed by atoms with Crippen molar-refractivity contribution in [1.82, 2.24) is 5.32 Å². The van der Waals surface area contributed by atoms with Crippen LogP contribution in [0.1, 0.15) is 57.1 Å². The van der Waals surface area contributed by atoms with Gasteiger partial charge in [0, 0.05) is 16.1 Å². The molecule has 1 atom stereocenters. The fraction of sp³-hybridized carbons (Fsp3) is 0.600. The van der Waals surface area contributed by atoms with E-state index < -0.39 is 0 Å². The monoisotopic (exact) mass is 315 g/mol. The van der Waals surface area contributed by atoms with E-state index in [4.69, 9.17) is 0 Å². The molecule has 1 N–H and O–H groups in total. The van der Waals surface area contributed by atoms with Crippen molar-refractivity contribution in [3.8, 4) is 0 Å². The number of nitrogens with one attached hydrogen (secondary N) is 1. The van der Waals surface area contributed by atoms with Gasteiger partial charge in [0.1, 0.15) is 5.82 Å². The predicted octanol–water partition coefficient (Wildman–Crippen LogP) is 5.21. The first-order chi connectivity index (χ1) is 8.69. The van der Waals surface area contributed by atoms with E-state index in [0.29, 0.717) is 0 Å². The van der Waals surface area contributed by atoms with Crippen LogP contribution >= 0.6 is 15.9 Å². The third-order valence-electron chi connectivity index (χ3n) is 3.28. The Morgan fingerprint density at radius 3 is 2.56 bits per heavy atom. The van der Waals surface area contributed by atoms with E-state index in [1.165, 1.54) is 31.7 Å². The van der Waals surface area contributed by atoms with Crippen LogP contribution in [0.15, 0.2) is 22.7 Å². The first-order valence-corrected chi connectivity index (χ1v) is 7.60. The van der Waals surface area contributed by atoms with Crippen LogP contribution in [0.4, 0.5) is 4.39 Å². The molecular formula is C15H23BrFN. The van der Waals surface area contributed by atoms with E-state index >= 15 is 0 Å². The van der Waals surface area contributed by atoms with Gasteiger partial charge in [-0.3, -0.25) is 0 Å². The van der Waals surface area contributed by atoms with Gasteiger partial charge in [-0.1, -0.05) is 61.0 Å².